The van der Waals surface area contributed by atoms with E-state index in [2.05, 4.69) is 5.32 Å². The van der Waals surface area contributed by atoms with E-state index < -0.39 is 22.5 Å². The number of amides is 1. The van der Waals surface area contributed by atoms with Gasteiger partial charge in [-0.05, 0) is 61.9 Å². The number of nitrogens with one attached hydrogen (secondary N) is 1. The summed E-state index contributed by atoms with van der Waals surface area (Å²) < 4.78 is 44.1. The van der Waals surface area contributed by atoms with Gasteiger partial charge in [0, 0.05) is 11.8 Å². The van der Waals surface area contributed by atoms with Crippen molar-refractivity contribution < 1.29 is 27.4 Å². The van der Waals surface area contributed by atoms with Gasteiger partial charge in [0.25, 0.3) is 10.0 Å². The van der Waals surface area contributed by atoms with Crippen LogP contribution in [0.25, 0.3) is 0 Å². The second-order valence-corrected chi connectivity index (χ2v) is 9.46. The molecule has 0 saturated carbocycles. The lowest BCUT2D eigenvalue weighted by atomic mass is 10.1. The van der Waals surface area contributed by atoms with Crippen LogP contribution in [0.2, 0.25) is 0 Å². The molecule has 0 heterocycles. The van der Waals surface area contributed by atoms with Crippen LogP contribution in [0.3, 0.4) is 0 Å². The topological polar surface area (TPSA) is 94.2 Å². The molecule has 0 spiro atoms. The quantitative estimate of drug-likeness (QED) is 0.490. The number of carbonyl (C=O) groups is 1. The molecule has 9 heteroatoms. The average molecular weight is 485 g/mol. The van der Waals surface area contributed by atoms with Gasteiger partial charge in [-0.2, -0.15) is 0 Å². The normalized spacial score (nSPS) is 11.0. The zero-order chi connectivity index (χ0) is 24.9. The Labute approximate surface area is 200 Å². The highest BCUT2D eigenvalue weighted by molar-refractivity contribution is 7.92. The molecule has 0 radical (unpaired) electrons. The van der Waals surface area contributed by atoms with Crippen molar-refractivity contribution in [2.75, 3.05) is 37.5 Å². The number of ether oxygens (including phenoxy) is 3. The maximum atomic E-state index is 13.7. The van der Waals surface area contributed by atoms with Crippen molar-refractivity contribution in [3.8, 4) is 17.2 Å². The number of hydrogen-bond acceptors (Lipinski definition) is 6. The van der Waals surface area contributed by atoms with Gasteiger partial charge in [0.15, 0.2) is 11.5 Å². The first-order chi connectivity index (χ1) is 16.2. The van der Waals surface area contributed by atoms with Crippen molar-refractivity contribution in [3.05, 3.63) is 71.8 Å². The lowest BCUT2D eigenvalue weighted by molar-refractivity contribution is -0.114. The molecule has 0 aliphatic rings. The third-order valence-electron chi connectivity index (χ3n) is 5.25. The highest BCUT2D eigenvalue weighted by Crippen LogP contribution is 2.32. The van der Waals surface area contributed by atoms with Crippen LogP contribution in [0, 0.1) is 13.8 Å². The van der Waals surface area contributed by atoms with Crippen molar-refractivity contribution in [3.63, 3.8) is 0 Å². The summed E-state index contributed by atoms with van der Waals surface area (Å²) in [5.74, 6) is 0.738. The van der Waals surface area contributed by atoms with Gasteiger partial charge in [-0.3, -0.25) is 9.10 Å². The smallest absolute Gasteiger partial charge is 0.264 e. The fourth-order valence-electron chi connectivity index (χ4n) is 3.44. The molecule has 0 aliphatic heterocycles. The Balaban J connectivity index is 2.00. The second-order valence-electron chi connectivity index (χ2n) is 7.59. The summed E-state index contributed by atoms with van der Waals surface area (Å²) in [6.45, 7) is 3.40. The van der Waals surface area contributed by atoms with Crippen LogP contribution in [0.1, 0.15) is 11.1 Å². The number of methoxy groups -OCH3 is 3. The molecule has 0 saturated heterocycles. The number of aryl methyl sites for hydroxylation is 2. The lowest BCUT2D eigenvalue weighted by Crippen LogP contribution is -2.38. The molecule has 34 heavy (non-hydrogen) atoms. The van der Waals surface area contributed by atoms with Crippen LogP contribution in [0.15, 0.2) is 65.6 Å². The van der Waals surface area contributed by atoms with Gasteiger partial charge in [0.05, 0.1) is 31.9 Å². The van der Waals surface area contributed by atoms with E-state index >= 15 is 0 Å². The standard InChI is InChI=1S/C25H28N2O6S/c1-17-6-12-22(18(2)14-17)26-25(28)16-27(19-7-9-20(31-3)10-8-19)34(29,30)21-11-13-23(32-4)24(15-21)33-5/h6-15H,16H2,1-5H3,(H,26,28). The number of sulfonamides is 1. The van der Waals surface area contributed by atoms with E-state index in [4.69, 9.17) is 14.2 Å². The SMILES string of the molecule is COc1ccc(N(CC(=O)Nc2ccc(C)cc2C)S(=O)(=O)c2ccc(OC)c(OC)c2)cc1. The van der Waals surface area contributed by atoms with Crippen molar-refractivity contribution in [1.82, 2.24) is 0 Å². The first kappa shape index (κ1) is 24.9. The van der Waals surface area contributed by atoms with E-state index in [0.717, 1.165) is 15.4 Å². The van der Waals surface area contributed by atoms with E-state index in [0.29, 0.717) is 22.9 Å². The van der Waals surface area contributed by atoms with Gasteiger partial charge >= 0.3 is 0 Å². The highest BCUT2D eigenvalue weighted by atomic mass is 32.2. The minimum absolute atomic E-state index is 0.0414. The van der Waals surface area contributed by atoms with Gasteiger partial charge in [-0.1, -0.05) is 17.7 Å². The Morgan fingerprint density at radius 3 is 2.12 bits per heavy atom. The molecule has 3 aromatic rings. The number of nitrogens with zero attached hydrogens (tertiary/aromatic N) is 1. The first-order valence-electron chi connectivity index (χ1n) is 10.5. The minimum Gasteiger partial charge on any atom is -0.497 e. The summed E-state index contributed by atoms with van der Waals surface area (Å²) >= 11 is 0. The third-order valence-corrected chi connectivity index (χ3v) is 7.02. The number of rotatable bonds is 9. The minimum atomic E-state index is -4.14. The molecule has 0 fully saturated rings. The van der Waals surface area contributed by atoms with Crippen molar-refractivity contribution in [2.24, 2.45) is 0 Å². The first-order valence-corrected chi connectivity index (χ1v) is 11.9. The lowest BCUT2D eigenvalue weighted by Gasteiger charge is -2.25. The summed E-state index contributed by atoms with van der Waals surface area (Å²) in [4.78, 5) is 12.9. The third kappa shape index (κ3) is 5.43. The number of carbonyl (C=O) groups excluding carboxylic acids is 1. The zero-order valence-electron chi connectivity index (χ0n) is 19.8. The van der Waals surface area contributed by atoms with E-state index in [9.17, 15) is 13.2 Å². The monoisotopic (exact) mass is 484 g/mol. The molecule has 0 aliphatic carbocycles. The second kappa shape index (κ2) is 10.5. The average Bonchev–Trinajstić information content (AvgIpc) is 2.83. The summed E-state index contributed by atoms with van der Waals surface area (Å²) in [6.07, 6.45) is 0. The Hall–Kier alpha value is -3.72. The molecule has 3 rings (SSSR count). The van der Waals surface area contributed by atoms with Gasteiger partial charge in [-0.25, -0.2) is 8.42 Å². The molecule has 1 amide bonds. The van der Waals surface area contributed by atoms with E-state index in [1.165, 1.54) is 39.5 Å². The van der Waals surface area contributed by atoms with Crippen molar-refractivity contribution in [2.45, 2.75) is 18.7 Å². The molecule has 0 unspecified atom stereocenters. The molecule has 3 aromatic carbocycles. The summed E-state index contributed by atoms with van der Waals surface area (Å²) in [6, 6.07) is 16.3. The van der Waals surface area contributed by atoms with Crippen LogP contribution in [-0.2, 0) is 14.8 Å². The van der Waals surface area contributed by atoms with E-state index in [1.807, 2.05) is 26.0 Å². The van der Waals surface area contributed by atoms with E-state index in [-0.39, 0.29) is 10.6 Å². The molecular formula is C25H28N2O6S. The Morgan fingerprint density at radius 1 is 0.853 bits per heavy atom. The summed E-state index contributed by atoms with van der Waals surface area (Å²) in [5, 5.41) is 2.81. The van der Waals surface area contributed by atoms with E-state index in [1.54, 1.807) is 30.3 Å². The summed E-state index contributed by atoms with van der Waals surface area (Å²) in [5.41, 5.74) is 2.87. The predicted molar refractivity (Wildman–Crippen MR) is 132 cm³/mol. The van der Waals surface area contributed by atoms with Gasteiger partial charge < -0.3 is 19.5 Å². The van der Waals surface area contributed by atoms with Crippen LogP contribution in [0.5, 0.6) is 17.2 Å². The number of anilines is 2. The predicted octanol–water partition coefficient (Wildman–Crippen LogP) is 4.16. The van der Waals surface area contributed by atoms with Gasteiger partial charge in [0.1, 0.15) is 12.3 Å². The molecule has 0 aromatic heterocycles. The molecule has 8 nitrogen and oxygen atoms in total. The van der Waals surface area contributed by atoms with Gasteiger partial charge in [0.2, 0.25) is 5.91 Å². The molecule has 1 N–H and O–H groups in total. The Bertz CT molecular complexity index is 1270. The molecular weight excluding hydrogens is 456 g/mol. The largest absolute Gasteiger partial charge is 0.497 e. The van der Waals surface area contributed by atoms with Crippen LogP contribution < -0.4 is 23.8 Å². The fraction of sp³-hybridized carbons (Fsp3) is 0.240. The van der Waals surface area contributed by atoms with Crippen LogP contribution in [-0.4, -0.2) is 42.2 Å². The molecule has 0 atom stereocenters. The Kier molecular flexibility index (Phi) is 7.68. The van der Waals surface area contributed by atoms with Crippen molar-refractivity contribution >= 4 is 27.3 Å². The zero-order valence-corrected chi connectivity index (χ0v) is 20.6. The number of benzene rings is 3. The van der Waals surface area contributed by atoms with Crippen LogP contribution >= 0.6 is 0 Å². The summed E-state index contributed by atoms with van der Waals surface area (Å²) in [7, 11) is 0.268. The molecule has 0 bridgehead atoms. The van der Waals surface area contributed by atoms with Crippen LogP contribution in [0.4, 0.5) is 11.4 Å². The number of hydrogen-bond donors (Lipinski definition) is 1. The van der Waals surface area contributed by atoms with Crippen molar-refractivity contribution in [1.29, 1.82) is 0 Å². The molecule has 180 valence electrons. The highest BCUT2D eigenvalue weighted by Gasteiger charge is 2.28. The maximum Gasteiger partial charge on any atom is 0.264 e. The fourth-order valence-corrected chi connectivity index (χ4v) is 4.88. The maximum absolute atomic E-state index is 13.7. The Morgan fingerprint density at radius 2 is 1.53 bits per heavy atom. The van der Waals surface area contributed by atoms with Gasteiger partial charge in [-0.15, -0.1) is 0 Å².